The zero-order valence-electron chi connectivity index (χ0n) is 16.5. The van der Waals surface area contributed by atoms with E-state index in [0.29, 0.717) is 19.1 Å². The Hall–Kier alpha value is -2.01. The van der Waals surface area contributed by atoms with E-state index in [2.05, 4.69) is 72.7 Å². The third-order valence-electron chi connectivity index (χ3n) is 4.24. The van der Waals surface area contributed by atoms with Gasteiger partial charge in [0.05, 0.1) is 13.2 Å². The highest BCUT2D eigenvalue weighted by Crippen LogP contribution is 2.18. The molecule has 0 spiro atoms. The summed E-state index contributed by atoms with van der Waals surface area (Å²) < 4.78 is 5.65. The molecule has 2 N–H and O–H groups in total. The fraction of sp³-hybridized carbons (Fsp3) is 0.571. The van der Waals surface area contributed by atoms with Crippen LogP contribution >= 0.6 is 0 Å². The van der Waals surface area contributed by atoms with E-state index in [4.69, 9.17) is 9.73 Å². The smallest absolute Gasteiger partial charge is 0.191 e. The number of anilines is 1. The highest BCUT2D eigenvalue weighted by molar-refractivity contribution is 5.79. The van der Waals surface area contributed by atoms with Crippen LogP contribution in [0.2, 0.25) is 0 Å². The zero-order chi connectivity index (χ0) is 18.6. The van der Waals surface area contributed by atoms with Crippen LogP contribution < -0.4 is 15.5 Å². The Kier molecular flexibility index (Phi) is 9.04. The number of hydrogen-bond acceptors (Lipinski definition) is 3. The molecule has 1 aliphatic rings. The third-order valence-corrected chi connectivity index (χ3v) is 4.24. The molecule has 0 amide bonds. The Bertz CT molecular complexity index is 575. The Balaban J connectivity index is 1.79. The maximum Gasteiger partial charge on any atom is 0.191 e. The average molecular weight is 359 g/mol. The first-order valence-electron chi connectivity index (χ1n) is 9.78. The van der Waals surface area contributed by atoms with Crippen LogP contribution in [0.15, 0.2) is 41.4 Å². The van der Waals surface area contributed by atoms with Gasteiger partial charge < -0.3 is 20.3 Å². The van der Waals surface area contributed by atoms with Crippen molar-refractivity contribution in [3.05, 3.63) is 42.0 Å². The molecule has 0 saturated heterocycles. The maximum atomic E-state index is 5.65. The molecule has 2 rings (SSSR count). The van der Waals surface area contributed by atoms with Crippen molar-refractivity contribution in [3.63, 3.8) is 0 Å². The molecule has 0 saturated carbocycles. The number of nitrogens with one attached hydrogen (secondary N) is 2. The van der Waals surface area contributed by atoms with Crippen molar-refractivity contribution in [1.29, 1.82) is 0 Å². The highest BCUT2D eigenvalue weighted by Gasteiger charge is 2.07. The number of benzene rings is 1. The second kappa shape index (κ2) is 11.6. The number of rotatable bonds is 10. The van der Waals surface area contributed by atoms with Gasteiger partial charge >= 0.3 is 0 Å². The van der Waals surface area contributed by atoms with Crippen molar-refractivity contribution >= 4 is 11.6 Å². The van der Waals surface area contributed by atoms with Crippen molar-refractivity contribution < 1.29 is 4.74 Å². The monoisotopic (exact) mass is 358 g/mol. The Morgan fingerprint density at radius 3 is 2.73 bits per heavy atom. The SMILES string of the molecule is CCNC(=NCc1cccc(N2CC=CC2)c1)NCCOCCC(C)C. The molecule has 0 aromatic heterocycles. The third kappa shape index (κ3) is 7.48. The molecule has 1 heterocycles. The van der Waals surface area contributed by atoms with Gasteiger partial charge in [-0.05, 0) is 37.0 Å². The Labute approximate surface area is 158 Å². The minimum Gasteiger partial charge on any atom is -0.380 e. The van der Waals surface area contributed by atoms with Crippen LogP contribution in [0.4, 0.5) is 5.69 Å². The van der Waals surface area contributed by atoms with E-state index >= 15 is 0 Å². The van der Waals surface area contributed by atoms with Crippen LogP contribution in [-0.4, -0.2) is 45.4 Å². The lowest BCUT2D eigenvalue weighted by atomic mass is 10.1. The van der Waals surface area contributed by atoms with E-state index in [0.717, 1.165) is 45.2 Å². The van der Waals surface area contributed by atoms with E-state index in [1.54, 1.807) is 0 Å². The lowest BCUT2D eigenvalue weighted by Gasteiger charge is -2.18. The van der Waals surface area contributed by atoms with E-state index in [9.17, 15) is 0 Å². The minimum absolute atomic E-state index is 0.665. The molecular formula is C21H34N4O. The van der Waals surface area contributed by atoms with Crippen LogP contribution in [0.25, 0.3) is 0 Å². The van der Waals surface area contributed by atoms with E-state index in [1.807, 2.05) is 0 Å². The quantitative estimate of drug-likeness (QED) is 0.292. The van der Waals surface area contributed by atoms with Gasteiger partial charge in [0, 0.05) is 38.5 Å². The summed E-state index contributed by atoms with van der Waals surface area (Å²) >= 11 is 0. The molecule has 0 aliphatic carbocycles. The molecule has 0 atom stereocenters. The van der Waals surface area contributed by atoms with Crippen LogP contribution in [0, 0.1) is 5.92 Å². The number of hydrogen-bond donors (Lipinski definition) is 2. The van der Waals surface area contributed by atoms with Crippen molar-refractivity contribution in [2.75, 3.05) is 44.3 Å². The van der Waals surface area contributed by atoms with Crippen molar-refractivity contribution in [3.8, 4) is 0 Å². The molecule has 1 aromatic rings. The van der Waals surface area contributed by atoms with Crippen molar-refractivity contribution in [2.24, 2.45) is 10.9 Å². The molecule has 0 unspecified atom stereocenters. The predicted octanol–water partition coefficient (Wildman–Crippen LogP) is 3.18. The summed E-state index contributed by atoms with van der Waals surface area (Å²) in [7, 11) is 0. The molecular weight excluding hydrogens is 324 g/mol. The summed E-state index contributed by atoms with van der Waals surface area (Å²) in [6, 6.07) is 8.64. The standard InChI is InChI=1S/C21H34N4O/c1-4-22-21(23-11-15-26-14-10-18(2)3)24-17-19-8-7-9-20(16-19)25-12-5-6-13-25/h5-9,16,18H,4,10-15,17H2,1-3H3,(H2,22,23,24). The molecule has 1 aliphatic heterocycles. The van der Waals surface area contributed by atoms with Crippen molar-refractivity contribution in [1.82, 2.24) is 10.6 Å². The first-order valence-corrected chi connectivity index (χ1v) is 9.78. The number of ether oxygens (including phenoxy) is 1. The number of guanidine groups is 1. The molecule has 5 nitrogen and oxygen atoms in total. The molecule has 0 fully saturated rings. The lowest BCUT2D eigenvalue weighted by molar-refractivity contribution is 0.128. The summed E-state index contributed by atoms with van der Waals surface area (Å²) in [4.78, 5) is 7.05. The fourth-order valence-corrected chi connectivity index (χ4v) is 2.72. The second-order valence-corrected chi connectivity index (χ2v) is 6.96. The summed E-state index contributed by atoms with van der Waals surface area (Å²) in [5, 5.41) is 6.64. The van der Waals surface area contributed by atoms with Crippen LogP contribution in [-0.2, 0) is 11.3 Å². The van der Waals surface area contributed by atoms with Gasteiger partial charge in [0.2, 0.25) is 0 Å². The average Bonchev–Trinajstić information content (AvgIpc) is 3.17. The summed E-state index contributed by atoms with van der Waals surface area (Å²) in [5.41, 5.74) is 2.49. The molecule has 1 aromatic carbocycles. The van der Waals surface area contributed by atoms with Crippen LogP contribution in [0.3, 0.4) is 0 Å². The first-order chi connectivity index (χ1) is 12.7. The Morgan fingerprint density at radius 2 is 2.00 bits per heavy atom. The van der Waals surface area contributed by atoms with Gasteiger partial charge in [-0.1, -0.05) is 38.1 Å². The van der Waals surface area contributed by atoms with Gasteiger partial charge in [-0.25, -0.2) is 4.99 Å². The van der Waals surface area contributed by atoms with Gasteiger partial charge in [-0.15, -0.1) is 0 Å². The van der Waals surface area contributed by atoms with Crippen LogP contribution in [0.5, 0.6) is 0 Å². The number of aliphatic imine (C=N–C) groups is 1. The highest BCUT2D eigenvalue weighted by atomic mass is 16.5. The first kappa shape index (κ1) is 20.3. The summed E-state index contributed by atoms with van der Waals surface area (Å²) in [5.74, 6) is 1.53. The molecule has 0 radical (unpaired) electrons. The van der Waals surface area contributed by atoms with Gasteiger partial charge in [-0.3, -0.25) is 0 Å². The lowest BCUT2D eigenvalue weighted by Crippen LogP contribution is -2.39. The molecule has 5 heteroatoms. The second-order valence-electron chi connectivity index (χ2n) is 6.96. The fourth-order valence-electron chi connectivity index (χ4n) is 2.72. The number of nitrogens with zero attached hydrogens (tertiary/aromatic N) is 2. The topological polar surface area (TPSA) is 48.9 Å². The molecule has 0 bridgehead atoms. The minimum atomic E-state index is 0.665. The predicted molar refractivity (Wildman–Crippen MR) is 111 cm³/mol. The maximum absolute atomic E-state index is 5.65. The van der Waals surface area contributed by atoms with Gasteiger partial charge in [0.1, 0.15) is 0 Å². The van der Waals surface area contributed by atoms with Gasteiger partial charge in [0.25, 0.3) is 0 Å². The van der Waals surface area contributed by atoms with Gasteiger partial charge in [0.15, 0.2) is 5.96 Å². The van der Waals surface area contributed by atoms with Crippen molar-refractivity contribution in [2.45, 2.75) is 33.7 Å². The summed E-state index contributed by atoms with van der Waals surface area (Å²) in [6.07, 6.45) is 5.53. The molecule has 144 valence electrons. The van der Waals surface area contributed by atoms with E-state index in [1.165, 1.54) is 11.3 Å². The molecule has 26 heavy (non-hydrogen) atoms. The van der Waals surface area contributed by atoms with Crippen LogP contribution in [0.1, 0.15) is 32.8 Å². The Morgan fingerprint density at radius 1 is 1.19 bits per heavy atom. The van der Waals surface area contributed by atoms with Gasteiger partial charge in [-0.2, -0.15) is 0 Å². The van der Waals surface area contributed by atoms with E-state index in [-0.39, 0.29) is 0 Å². The van der Waals surface area contributed by atoms with E-state index < -0.39 is 0 Å². The summed E-state index contributed by atoms with van der Waals surface area (Å²) in [6.45, 7) is 12.3. The normalized spacial score (nSPS) is 14.3. The zero-order valence-corrected chi connectivity index (χ0v) is 16.5. The largest absolute Gasteiger partial charge is 0.380 e.